The van der Waals surface area contributed by atoms with E-state index in [1.165, 1.54) is 11.8 Å². The highest BCUT2D eigenvalue weighted by Crippen LogP contribution is 2.24. The van der Waals surface area contributed by atoms with Crippen molar-refractivity contribution in [3.63, 3.8) is 0 Å². The van der Waals surface area contributed by atoms with E-state index in [-0.39, 0.29) is 11.2 Å². The van der Waals surface area contributed by atoms with Crippen molar-refractivity contribution >= 4 is 29.3 Å². The summed E-state index contributed by atoms with van der Waals surface area (Å²) in [6.07, 6.45) is 1.69. The van der Waals surface area contributed by atoms with Gasteiger partial charge in [0.15, 0.2) is 0 Å². The van der Waals surface area contributed by atoms with E-state index in [9.17, 15) is 4.79 Å². The molecule has 4 nitrogen and oxygen atoms in total. The van der Waals surface area contributed by atoms with Gasteiger partial charge in [0.1, 0.15) is 6.61 Å². The number of carbonyl (C=O) groups is 1. The number of hydrogen-bond acceptors (Lipinski definition) is 4. The lowest BCUT2D eigenvalue weighted by atomic mass is 10.2. The normalized spacial score (nSPS) is 11.6. The Balaban J connectivity index is 1.49. The molecular formula is C22H21ClN2O2S. The molecule has 0 aliphatic carbocycles. The van der Waals surface area contributed by atoms with Gasteiger partial charge < -0.3 is 10.1 Å². The number of halogens is 1. The summed E-state index contributed by atoms with van der Waals surface area (Å²) < 4.78 is 5.74. The zero-order chi connectivity index (χ0) is 19.8. The van der Waals surface area contributed by atoms with Gasteiger partial charge in [-0.05, 0) is 48.4 Å². The van der Waals surface area contributed by atoms with Crippen molar-refractivity contribution in [1.82, 2.24) is 10.3 Å². The van der Waals surface area contributed by atoms with E-state index in [4.69, 9.17) is 16.3 Å². The molecule has 0 aliphatic heterocycles. The predicted molar refractivity (Wildman–Crippen MR) is 114 cm³/mol. The Kier molecular flexibility index (Phi) is 7.34. The van der Waals surface area contributed by atoms with Crippen LogP contribution in [0.1, 0.15) is 18.1 Å². The summed E-state index contributed by atoms with van der Waals surface area (Å²) in [7, 11) is 0. The molecule has 3 rings (SSSR count). The molecule has 2 aromatic carbocycles. The summed E-state index contributed by atoms with van der Waals surface area (Å²) in [4.78, 5) is 17.6. The highest BCUT2D eigenvalue weighted by Gasteiger charge is 2.14. The van der Waals surface area contributed by atoms with Crippen molar-refractivity contribution < 1.29 is 9.53 Å². The lowest BCUT2D eigenvalue weighted by molar-refractivity contribution is -0.120. The van der Waals surface area contributed by atoms with Crippen LogP contribution in [-0.4, -0.2) is 16.1 Å². The van der Waals surface area contributed by atoms with Gasteiger partial charge in [-0.3, -0.25) is 4.79 Å². The lowest BCUT2D eigenvalue weighted by Gasteiger charge is -2.12. The van der Waals surface area contributed by atoms with E-state index in [1.54, 1.807) is 6.20 Å². The molecule has 0 radical (unpaired) electrons. The van der Waals surface area contributed by atoms with Gasteiger partial charge in [-0.15, -0.1) is 11.8 Å². The molecule has 0 saturated carbocycles. The lowest BCUT2D eigenvalue weighted by Crippen LogP contribution is -2.30. The molecule has 3 aromatic rings. The number of nitrogens with zero attached hydrogens (tertiary/aromatic N) is 1. The highest BCUT2D eigenvalue weighted by atomic mass is 35.5. The van der Waals surface area contributed by atoms with Crippen molar-refractivity contribution in [3.05, 3.63) is 89.1 Å². The number of carbonyl (C=O) groups excluding carboxylic acids is 1. The second-order valence-corrected chi connectivity index (χ2v) is 8.06. The summed E-state index contributed by atoms with van der Waals surface area (Å²) in [6, 6.07) is 21.1. The van der Waals surface area contributed by atoms with Crippen molar-refractivity contribution in [2.24, 2.45) is 0 Å². The molecule has 0 spiro atoms. The van der Waals surface area contributed by atoms with E-state index in [1.807, 2.05) is 73.7 Å². The third-order valence-corrected chi connectivity index (χ3v) is 5.36. The van der Waals surface area contributed by atoms with E-state index in [2.05, 4.69) is 10.3 Å². The largest absolute Gasteiger partial charge is 0.473 e. The van der Waals surface area contributed by atoms with Crippen LogP contribution in [-0.2, 0) is 17.9 Å². The Bertz CT molecular complexity index is 904. The quantitative estimate of drug-likeness (QED) is 0.522. The zero-order valence-electron chi connectivity index (χ0n) is 15.5. The first kappa shape index (κ1) is 20.2. The number of ether oxygens (including phenoxy) is 1. The molecule has 28 heavy (non-hydrogen) atoms. The minimum absolute atomic E-state index is 0.0245. The molecule has 1 unspecified atom stereocenters. The minimum Gasteiger partial charge on any atom is -0.473 e. The maximum atomic E-state index is 12.4. The number of pyridine rings is 1. The third kappa shape index (κ3) is 6.29. The second-order valence-electron chi connectivity index (χ2n) is 6.21. The molecule has 1 heterocycles. The zero-order valence-corrected chi connectivity index (χ0v) is 17.0. The van der Waals surface area contributed by atoms with Crippen LogP contribution in [0.5, 0.6) is 5.88 Å². The van der Waals surface area contributed by atoms with Gasteiger partial charge in [0, 0.05) is 28.7 Å². The maximum absolute atomic E-state index is 12.4. The van der Waals surface area contributed by atoms with E-state index < -0.39 is 0 Å². The van der Waals surface area contributed by atoms with Crippen LogP contribution in [0.15, 0.2) is 77.8 Å². The molecule has 0 saturated heterocycles. The maximum Gasteiger partial charge on any atom is 0.233 e. The minimum atomic E-state index is -0.211. The van der Waals surface area contributed by atoms with Gasteiger partial charge in [0.05, 0.1) is 5.25 Å². The van der Waals surface area contributed by atoms with Gasteiger partial charge >= 0.3 is 0 Å². The summed E-state index contributed by atoms with van der Waals surface area (Å²) >= 11 is 7.39. The van der Waals surface area contributed by atoms with Crippen LogP contribution >= 0.6 is 23.4 Å². The smallest absolute Gasteiger partial charge is 0.233 e. The SMILES string of the molecule is CC(Sc1ccc(Cl)cc1)C(=O)NCc1ccnc(OCc2ccccc2)c1. The van der Waals surface area contributed by atoms with Crippen LogP contribution in [0.3, 0.4) is 0 Å². The van der Waals surface area contributed by atoms with E-state index >= 15 is 0 Å². The monoisotopic (exact) mass is 412 g/mol. The van der Waals surface area contributed by atoms with Gasteiger partial charge in [-0.1, -0.05) is 41.9 Å². The van der Waals surface area contributed by atoms with E-state index in [0.717, 1.165) is 16.0 Å². The highest BCUT2D eigenvalue weighted by molar-refractivity contribution is 8.00. The summed E-state index contributed by atoms with van der Waals surface area (Å²) in [5.74, 6) is 0.516. The molecular weight excluding hydrogens is 392 g/mol. The molecule has 6 heteroatoms. The Morgan fingerprint density at radius 1 is 1.11 bits per heavy atom. The third-order valence-electron chi connectivity index (χ3n) is 3.99. The van der Waals surface area contributed by atoms with Crippen LogP contribution in [0.25, 0.3) is 0 Å². The van der Waals surface area contributed by atoms with Crippen molar-refractivity contribution in [1.29, 1.82) is 0 Å². The molecule has 0 fully saturated rings. The van der Waals surface area contributed by atoms with Crippen LogP contribution in [0, 0.1) is 0 Å². The Morgan fingerprint density at radius 2 is 1.86 bits per heavy atom. The fraction of sp³-hybridized carbons (Fsp3) is 0.182. The molecule has 144 valence electrons. The van der Waals surface area contributed by atoms with Crippen LogP contribution in [0.4, 0.5) is 0 Å². The summed E-state index contributed by atoms with van der Waals surface area (Å²) in [5.41, 5.74) is 2.02. The summed E-state index contributed by atoms with van der Waals surface area (Å²) in [5, 5.41) is 3.44. The standard InChI is InChI=1S/C22H21ClN2O2S/c1-16(28-20-9-7-19(23)8-10-20)22(26)25-14-18-11-12-24-21(13-18)27-15-17-5-3-2-4-6-17/h2-13,16H,14-15H2,1H3,(H,25,26). The predicted octanol–water partition coefficient (Wildman–Crippen LogP) is 5.11. The Labute approximate surface area is 174 Å². The average molecular weight is 413 g/mol. The number of rotatable bonds is 8. The number of aromatic nitrogens is 1. The van der Waals surface area contributed by atoms with Crippen molar-refractivity contribution in [2.45, 2.75) is 30.2 Å². The van der Waals surface area contributed by atoms with Gasteiger partial charge in [-0.2, -0.15) is 0 Å². The molecule has 0 bridgehead atoms. The topological polar surface area (TPSA) is 51.2 Å². The molecule has 1 aromatic heterocycles. The van der Waals surface area contributed by atoms with Crippen molar-refractivity contribution in [3.8, 4) is 5.88 Å². The van der Waals surface area contributed by atoms with Gasteiger partial charge in [0.25, 0.3) is 0 Å². The molecule has 1 N–H and O–H groups in total. The van der Waals surface area contributed by atoms with Crippen LogP contribution < -0.4 is 10.1 Å². The Hall–Kier alpha value is -2.50. The van der Waals surface area contributed by atoms with Gasteiger partial charge in [-0.25, -0.2) is 4.98 Å². The number of amides is 1. The van der Waals surface area contributed by atoms with Gasteiger partial charge in [0.2, 0.25) is 11.8 Å². The number of benzene rings is 2. The van der Waals surface area contributed by atoms with Crippen LogP contribution in [0.2, 0.25) is 5.02 Å². The fourth-order valence-corrected chi connectivity index (χ4v) is 3.49. The fourth-order valence-electron chi connectivity index (χ4n) is 2.47. The first-order chi connectivity index (χ1) is 13.6. The average Bonchev–Trinajstić information content (AvgIpc) is 2.73. The summed E-state index contributed by atoms with van der Waals surface area (Å²) in [6.45, 7) is 2.77. The second kappa shape index (κ2) is 10.2. The Morgan fingerprint density at radius 3 is 2.61 bits per heavy atom. The first-order valence-electron chi connectivity index (χ1n) is 8.92. The number of hydrogen-bond donors (Lipinski definition) is 1. The van der Waals surface area contributed by atoms with Crippen molar-refractivity contribution in [2.75, 3.05) is 0 Å². The first-order valence-corrected chi connectivity index (χ1v) is 10.2. The molecule has 1 amide bonds. The number of nitrogens with one attached hydrogen (secondary N) is 1. The number of thioether (sulfide) groups is 1. The molecule has 1 atom stereocenters. The van der Waals surface area contributed by atoms with E-state index in [0.29, 0.717) is 24.1 Å². The molecule has 0 aliphatic rings.